The van der Waals surface area contributed by atoms with Gasteiger partial charge in [-0.15, -0.1) is 0 Å². The molecule has 1 aliphatic rings. The number of rotatable bonds is 6. The van der Waals surface area contributed by atoms with E-state index in [0.29, 0.717) is 18.4 Å². The average molecular weight is 334 g/mol. The highest BCUT2D eigenvalue weighted by molar-refractivity contribution is 8.00. The molecular weight excluding hydrogens is 313 g/mol. The number of aliphatic hydroxyl groups is 1. The van der Waals surface area contributed by atoms with E-state index in [4.69, 9.17) is 5.11 Å². The second-order valence-electron chi connectivity index (χ2n) is 5.25. The maximum absolute atomic E-state index is 12.8. The molecule has 3 nitrogen and oxygen atoms in total. The van der Waals surface area contributed by atoms with Crippen molar-refractivity contribution in [1.82, 2.24) is 10.2 Å². The molecule has 1 saturated heterocycles. The first-order valence-corrected chi connectivity index (χ1v) is 8.23. The minimum Gasteiger partial charge on any atom is -0.396 e. The highest BCUT2D eigenvalue weighted by Crippen LogP contribution is 2.42. The van der Waals surface area contributed by atoms with E-state index >= 15 is 0 Å². The monoisotopic (exact) mass is 334 g/mol. The molecule has 0 bridgehead atoms. The predicted molar refractivity (Wildman–Crippen MR) is 81.9 cm³/mol. The predicted octanol–water partition coefficient (Wildman–Crippen LogP) is 3.02. The van der Waals surface area contributed by atoms with Crippen molar-refractivity contribution in [1.29, 1.82) is 0 Å². The van der Waals surface area contributed by atoms with Gasteiger partial charge in [-0.3, -0.25) is 4.90 Å². The normalized spacial score (nSPS) is 18.4. The van der Waals surface area contributed by atoms with Crippen LogP contribution in [0.25, 0.3) is 0 Å². The van der Waals surface area contributed by atoms with Gasteiger partial charge in [-0.05, 0) is 36.2 Å². The molecule has 2 rings (SSSR count). The molecule has 1 atom stereocenters. The van der Waals surface area contributed by atoms with Gasteiger partial charge in [0.1, 0.15) is 0 Å². The molecule has 22 heavy (non-hydrogen) atoms. The van der Waals surface area contributed by atoms with Gasteiger partial charge in [-0.25, -0.2) is 0 Å². The van der Waals surface area contributed by atoms with E-state index in [1.165, 1.54) is 6.07 Å². The molecule has 0 spiro atoms. The third-order valence-corrected chi connectivity index (χ3v) is 4.55. The van der Waals surface area contributed by atoms with Gasteiger partial charge in [0.2, 0.25) is 0 Å². The SMILES string of the molecule is OCCC[C@@H](c1ccccc1SC(F)(F)F)N1CCNCC1. The first kappa shape index (κ1) is 17.6. The fourth-order valence-corrected chi connectivity index (χ4v) is 3.50. The van der Waals surface area contributed by atoms with E-state index in [9.17, 15) is 13.2 Å². The van der Waals surface area contributed by atoms with E-state index in [-0.39, 0.29) is 29.3 Å². The lowest BCUT2D eigenvalue weighted by Gasteiger charge is -2.36. The number of hydrogen-bond donors (Lipinski definition) is 2. The van der Waals surface area contributed by atoms with Crippen LogP contribution in [-0.4, -0.2) is 48.3 Å². The number of alkyl halides is 3. The lowest BCUT2D eigenvalue weighted by atomic mass is 9.99. The molecule has 1 aromatic carbocycles. The smallest absolute Gasteiger partial charge is 0.396 e. The van der Waals surface area contributed by atoms with Gasteiger partial charge < -0.3 is 10.4 Å². The van der Waals surface area contributed by atoms with Gasteiger partial charge >= 0.3 is 5.51 Å². The summed E-state index contributed by atoms with van der Waals surface area (Å²) in [5, 5.41) is 12.4. The van der Waals surface area contributed by atoms with Gasteiger partial charge in [0.25, 0.3) is 0 Å². The van der Waals surface area contributed by atoms with Gasteiger partial charge in [-0.2, -0.15) is 13.2 Å². The van der Waals surface area contributed by atoms with E-state index < -0.39 is 5.51 Å². The molecular formula is C15H21F3N2OS. The second-order valence-corrected chi connectivity index (χ2v) is 6.36. The van der Waals surface area contributed by atoms with Gasteiger partial charge in [0.05, 0.1) is 0 Å². The fraction of sp³-hybridized carbons (Fsp3) is 0.600. The Balaban J connectivity index is 2.25. The summed E-state index contributed by atoms with van der Waals surface area (Å²) in [6.45, 7) is 3.34. The lowest BCUT2D eigenvalue weighted by Crippen LogP contribution is -2.45. The first-order valence-electron chi connectivity index (χ1n) is 7.41. The third kappa shape index (κ3) is 5.15. The fourth-order valence-electron chi connectivity index (χ4n) is 2.79. The Labute approximate surface area is 132 Å². The Kier molecular flexibility index (Phi) is 6.55. The Morgan fingerprint density at radius 3 is 2.55 bits per heavy atom. The highest BCUT2D eigenvalue weighted by Gasteiger charge is 2.32. The van der Waals surface area contributed by atoms with Crippen LogP contribution in [-0.2, 0) is 0 Å². The molecule has 0 aliphatic carbocycles. The van der Waals surface area contributed by atoms with Crippen molar-refractivity contribution in [2.24, 2.45) is 0 Å². The molecule has 0 saturated carbocycles. The summed E-state index contributed by atoms with van der Waals surface area (Å²) >= 11 is -0.0516. The summed E-state index contributed by atoms with van der Waals surface area (Å²) in [6, 6.07) is 6.64. The number of thioether (sulfide) groups is 1. The molecule has 0 unspecified atom stereocenters. The summed E-state index contributed by atoms with van der Waals surface area (Å²) in [4.78, 5) is 2.47. The molecule has 1 aromatic rings. The largest absolute Gasteiger partial charge is 0.446 e. The Bertz CT molecular complexity index is 464. The van der Waals surface area contributed by atoms with Gasteiger partial charge in [0.15, 0.2) is 0 Å². The zero-order valence-electron chi connectivity index (χ0n) is 12.3. The van der Waals surface area contributed by atoms with Crippen LogP contribution in [0.5, 0.6) is 0 Å². The lowest BCUT2D eigenvalue weighted by molar-refractivity contribution is -0.0328. The van der Waals surface area contributed by atoms with Crippen LogP contribution in [0.15, 0.2) is 29.2 Å². The number of hydrogen-bond acceptors (Lipinski definition) is 4. The molecule has 0 amide bonds. The van der Waals surface area contributed by atoms with Crippen LogP contribution in [0, 0.1) is 0 Å². The molecule has 1 heterocycles. The van der Waals surface area contributed by atoms with Crippen LogP contribution in [0.3, 0.4) is 0 Å². The van der Waals surface area contributed by atoms with Crippen molar-refractivity contribution < 1.29 is 18.3 Å². The summed E-state index contributed by atoms with van der Waals surface area (Å²) in [5.41, 5.74) is -3.58. The Hall–Kier alpha value is -0.760. The summed E-state index contributed by atoms with van der Waals surface area (Å²) in [6.07, 6.45) is 1.24. The molecule has 2 N–H and O–H groups in total. The summed E-state index contributed by atoms with van der Waals surface area (Å²) in [7, 11) is 0. The Morgan fingerprint density at radius 1 is 1.23 bits per heavy atom. The Morgan fingerprint density at radius 2 is 1.91 bits per heavy atom. The minimum absolute atomic E-state index is 0.0516. The molecule has 1 aliphatic heterocycles. The van der Waals surface area contributed by atoms with Crippen molar-refractivity contribution in [2.45, 2.75) is 29.3 Å². The second kappa shape index (κ2) is 8.19. The summed E-state index contributed by atoms with van der Waals surface area (Å²) in [5.74, 6) is 0. The topological polar surface area (TPSA) is 35.5 Å². The minimum atomic E-state index is -4.29. The number of aliphatic hydroxyl groups excluding tert-OH is 1. The molecule has 1 fully saturated rings. The number of benzene rings is 1. The zero-order valence-corrected chi connectivity index (χ0v) is 13.1. The summed E-state index contributed by atoms with van der Waals surface area (Å²) < 4.78 is 38.3. The van der Waals surface area contributed by atoms with Gasteiger partial charge in [0, 0.05) is 43.7 Å². The number of nitrogens with zero attached hydrogens (tertiary/aromatic N) is 1. The van der Waals surface area contributed by atoms with Crippen molar-refractivity contribution in [3.8, 4) is 0 Å². The van der Waals surface area contributed by atoms with Crippen molar-refractivity contribution in [3.63, 3.8) is 0 Å². The molecule has 7 heteroatoms. The highest BCUT2D eigenvalue weighted by atomic mass is 32.2. The average Bonchev–Trinajstić information content (AvgIpc) is 2.49. The van der Waals surface area contributed by atoms with E-state index in [2.05, 4.69) is 10.2 Å². The number of halogens is 3. The van der Waals surface area contributed by atoms with Crippen molar-refractivity contribution in [2.75, 3.05) is 32.8 Å². The maximum atomic E-state index is 12.8. The van der Waals surface area contributed by atoms with Crippen LogP contribution in [0.4, 0.5) is 13.2 Å². The number of nitrogens with one attached hydrogen (secondary N) is 1. The molecule has 0 radical (unpaired) electrons. The quantitative estimate of drug-likeness (QED) is 0.784. The standard InChI is InChI=1S/C15H21F3N2OS/c16-15(17,18)22-14-6-2-1-4-12(14)13(5-3-11-21)20-9-7-19-8-10-20/h1-2,4,6,13,19,21H,3,5,7-11H2/t13-/m0/s1. The number of piperazine rings is 1. The maximum Gasteiger partial charge on any atom is 0.446 e. The van der Waals surface area contributed by atoms with Crippen molar-refractivity contribution in [3.05, 3.63) is 29.8 Å². The van der Waals surface area contributed by atoms with Gasteiger partial charge in [-0.1, -0.05) is 18.2 Å². The third-order valence-electron chi connectivity index (χ3n) is 3.73. The zero-order chi connectivity index (χ0) is 16.0. The first-order chi connectivity index (χ1) is 10.5. The van der Waals surface area contributed by atoms with Crippen LogP contribution in [0.1, 0.15) is 24.4 Å². The van der Waals surface area contributed by atoms with E-state index in [1.807, 2.05) is 0 Å². The van der Waals surface area contributed by atoms with E-state index in [1.54, 1.807) is 18.2 Å². The van der Waals surface area contributed by atoms with Crippen LogP contribution < -0.4 is 5.32 Å². The molecule has 124 valence electrons. The van der Waals surface area contributed by atoms with Crippen LogP contribution >= 0.6 is 11.8 Å². The van der Waals surface area contributed by atoms with Crippen LogP contribution in [0.2, 0.25) is 0 Å². The van der Waals surface area contributed by atoms with E-state index in [0.717, 1.165) is 26.2 Å². The molecule has 0 aromatic heterocycles. The van der Waals surface area contributed by atoms with Crippen molar-refractivity contribution >= 4 is 11.8 Å².